The van der Waals surface area contributed by atoms with E-state index >= 15 is 0 Å². The highest BCUT2D eigenvalue weighted by atomic mass is 16.7. The van der Waals surface area contributed by atoms with Crippen LogP contribution in [0.2, 0.25) is 0 Å². The highest BCUT2D eigenvalue weighted by Gasteiger charge is 2.27. The fourth-order valence-corrected chi connectivity index (χ4v) is 2.43. The summed E-state index contributed by atoms with van der Waals surface area (Å²) >= 11 is 0. The van der Waals surface area contributed by atoms with Crippen LogP contribution >= 0.6 is 0 Å². The number of carboxylic acids is 1. The molecule has 0 saturated heterocycles. The van der Waals surface area contributed by atoms with Gasteiger partial charge in [0.15, 0.2) is 5.56 Å². The van der Waals surface area contributed by atoms with Crippen LogP contribution in [0.3, 0.4) is 0 Å². The van der Waals surface area contributed by atoms with Crippen molar-refractivity contribution in [2.75, 3.05) is 6.61 Å². The van der Waals surface area contributed by atoms with E-state index in [0.29, 0.717) is 18.0 Å². The number of nitrogens with one attached hydrogen (secondary N) is 1. The number of hydrogen-bond acceptors (Lipinski definition) is 5. The van der Waals surface area contributed by atoms with Crippen molar-refractivity contribution in [2.24, 2.45) is 5.92 Å². The van der Waals surface area contributed by atoms with Crippen molar-refractivity contribution in [3.8, 4) is 5.75 Å². The number of nitrogens with zero attached hydrogens (tertiary/aromatic N) is 1. The van der Waals surface area contributed by atoms with Gasteiger partial charge in [-0.2, -0.15) is 0 Å². The van der Waals surface area contributed by atoms with Gasteiger partial charge >= 0.3 is 5.97 Å². The first-order chi connectivity index (χ1) is 11.9. The summed E-state index contributed by atoms with van der Waals surface area (Å²) in [7, 11) is 0. The highest BCUT2D eigenvalue weighted by molar-refractivity contribution is 6.03. The fraction of sp³-hybridized carbons (Fsp3) is 0.353. The molecule has 132 valence electrons. The van der Waals surface area contributed by atoms with Crippen LogP contribution in [0.4, 0.5) is 0 Å². The number of rotatable bonds is 6. The third-order valence-corrected chi connectivity index (χ3v) is 4.09. The van der Waals surface area contributed by atoms with Crippen LogP contribution in [0.1, 0.15) is 30.1 Å². The second-order valence-electron chi connectivity index (χ2n) is 6.11. The number of hydrogen-bond donors (Lipinski definition) is 3. The molecule has 25 heavy (non-hydrogen) atoms. The van der Waals surface area contributed by atoms with Gasteiger partial charge in [-0.3, -0.25) is 14.4 Å². The quantitative estimate of drug-likeness (QED) is 0.710. The number of aliphatic carboxylic acids is 1. The van der Waals surface area contributed by atoms with Gasteiger partial charge in [0.05, 0.1) is 5.52 Å². The van der Waals surface area contributed by atoms with Crippen LogP contribution in [-0.2, 0) is 4.79 Å². The zero-order chi connectivity index (χ0) is 18.1. The summed E-state index contributed by atoms with van der Waals surface area (Å²) < 4.78 is 0.994. The number of benzene rings is 1. The van der Waals surface area contributed by atoms with Gasteiger partial charge in [0.2, 0.25) is 0 Å². The second-order valence-corrected chi connectivity index (χ2v) is 6.11. The monoisotopic (exact) mass is 346 g/mol. The largest absolute Gasteiger partial charge is 0.506 e. The van der Waals surface area contributed by atoms with E-state index in [1.807, 2.05) is 0 Å². The van der Waals surface area contributed by atoms with Crippen LogP contribution in [-0.4, -0.2) is 39.5 Å². The van der Waals surface area contributed by atoms with E-state index < -0.39 is 34.8 Å². The molecule has 8 heteroatoms. The van der Waals surface area contributed by atoms with Crippen molar-refractivity contribution in [2.45, 2.75) is 25.8 Å². The summed E-state index contributed by atoms with van der Waals surface area (Å²) in [5.41, 5.74) is -1.02. The van der Waals surface area contributed by atoms with Crippen molar-refractivity contribution in [1.82, 2.24) is 10.0 Å². The Morgan fingerprint density at radius 3 is 2.68 bits per heavy atom. The van der Waals surface area contributed by atoms with E-state index in [0.717, 1.165) is 17.6 Å². The van der Waals surface area contributed by atoms with Crippen LogP contribution < -0.4 is 15.7 Å². The molecular formula is C17H18N2O6. The SMILES string of the molecule is C[C@H](NC(=O)c1c(O)c2ccccc2n(OCC2CC2)c1=O)C(=O)O. The molecule has 3 rings (SSSR count). The molecule has 1 heterocycles. The number of fused-ring (bicyclic) bond motifs is 1. The number of para-hydroxylation sites is 1. The first-order valence-corrected chi connectivity index (χ1v) is 7.93. The molecule has 0 bridgehead atoms. The summed E-state index contributed by atoms with van der Waals surface area (Å²) in [6, 6.07) is 5.28. The molecule has 3 N–H and O–H groups in total. The molecule has 1 aromatic heterocycles. The van der Waals surface area contributed by atoms with Gasteiger partial charge in [-0.1, -0.05) is 12.1 Å². The third-order valence-electron chi connectivity index (χ3n) is 4.09. The average molecular weight is 346 g/mol. The lowest BCUT2D eigenvalue weighted by atomic mass is 10.1. The van der Waals surface area contributed by atoms with Gasteiger partial charge in [-0.15, -0.1) is 4.73 Å². The van der Waals surface area contributed by atoms with Gasteiger partial charge < -0.3 is 20.4 Å². The predicted molar refractivity (Wildman–Crippen MR) is 88.6 cm³/mol. The van der Waals surface area contributed by atoms with Crippen molar-refractivity contribution < 1.29 is 24.6 Å². The standard InChI is InChI=1S/C17H18N2O6/c1-9(17(23)24)18-15(21)13-14(20)11-4-2-3-5-12(11)19(16(13)22)25-8-10-6-7-10/h2-5,9-10,20H,6-8H2,1H3,(H,18,21)(H,23,24)/t9-/m0/s1. The van der Waals surface area contributed by atoms with Crippen molar-refractivity contribution in [1.29, 1.82) is 0 Å². The molecule has 1 amide bonds. The lowest BCUT2D eigenvalue weighted by Gasteiger charge is -2.16. The molecular weight excluding hydrogens is 328 g/mol. The molecule has 0 spiro atoms. The summed E-state index contributed by atoms with van der Waals surface area (Å²) in [4.78, 5) is 41.5. The molecule has 0 unspecified atom stereocenters. The summed E-state index contributed by atoms with van der Waals surface area (Å²) in [6.07, 6.45) is 2.04. The van der Waals surface area contributed by atoms with Crippen LogP contribution in [0.5, 0.6) is 5.75 Å². The molecule has 2 aromatic rings. The van der Waals surface area contributed by atoms with Gasteiger partial charge in [-0.25, -0.2) is 0 Å². The zero-order valence-corrected chi connectivity index (χ0v) is 13.6. The molecule has 1 aliphatic rings. The van der Waals surface area contributed by atoms with Crippen LogP contribution in [0.15, 0.2) is 29.1 Å². The Labute approximate surface area is 142 Å². The minimum atomic E-state index is -1.25. The molecule has 1 aliphatic carbocycles. The van der Waals surface area contributed by atoms with Crippen LogP contribution in [0.25, 0.3) is 10.9 Å². The topological polar surface area (TPSA) is 118 Å². The van der Waals surface area contributed by atoms with E-state index in [1.165, 1.54) is 6.92 Å². The Bertz CT molecular complexity index is 900. The molecule has 0 radical (unpaired) electrons. The number of amides is 1. The molecule has 1 aromatic carbocycles. The smallest absolute Gasteiger partial charge is 0.325 e. The maximum atomic E-state index is 12.7. The number of pyridine rings is 1. The van der Waals surface area contributed by atoms with Gasteiger partial charge in [-0.05, 0) is 37.8 Å². The van der Waals surface area contributed by atoms with Crippen molar-refractivity contribution in [3.05, 3.63) is 40.2 Å². The number of carbonyl (C=O) groups is 2. The van der Waals surface area contributed by atoms with E-state index in [4.69, 9.17) is 9.94 Å². The number of carbonyl (C=O) groups excluding carboxylic acids is 1. The second kappa shape index (κ2) is 6.46. The van der Waals surface area contributed by atoms with E-state index in [2.05, 4.69) is 5.32 Å². The van der Waals surface area contributed by atoms with Gasteiger partial charge in [0, 0.05) is 5.39 Å². The Morgan fingerprint density at radius 2 is 2.04 bits per heavy atom. The minimum absolute atomic E-state index is 0.269. The third kappa shape index (κ3) is 3.28. The van der Waals surface area contributed by atoms with Gasteiger partial charge in [0.25, 0.3) is 11.5 Å². The minimum Gasteiger partial charge on any atom is -0.506 e. The highest BCUT2D eigenvalue weighted by Crippen LogP contribution is 2.29. The Balaban J connectivity index is 2.09. The van der Waals surface area contributed by atoms with Gasteiger partial charge in [0.1, 0.15) is 18.4 Å². The molecule has 1 atom stereocenters. The predicted octanol–water partition coefficient (Wildman–Crippen LogP) is 0.749. The maximum Gasteiger partial charge on any atom is 0.325 e. The lowest BCUT2D eigenvalue weighted by molar-refractivity contribution is -0.138. The van der Waals surface area contributed by atoms with E-state index in [-0.39, 0.29) is 5.39 Å². The number of carboxylic acid groups (broad SMARTS) is 1. The normalized spacial score (nSPS) is 14.9. The fourth-order valence-electron chi connectivity index (χ4n) is 2.43. The molecule has 0 aliphatic heterocycles. The first-order valence-electron chi connectivity index (χ1n) is 7.93. The maximum absolute atomic E-state index is 12.7. The summed E-state index contributed by atoms with van der Waals surface area (Å²) in [5.74, 6) is -2.34. The zero-order valence-electron chi connectivity index (χ0n) is 13.6. The Hall–Kier alpha value is -3.03. The van der Waals surface area contributed by atoms with Crippen molar-refractivity contribution in [3.63, 3.8) is 0 Å². The Kier molecular flexibility index (Phi) is 4.35. The lowest BCUT2D eigenvalue weighted by Crippen LogP contribution is -2.42. The number of aromatic hydroxyl groups is 1. The molecule has 8 nitrogen and oxygen atoms in total. The first kappa shape index (κ1) is 16.8. The number of aromatic nitrogens is 1. The molecule has 1 saturated carbocycles. The summed E-state index contributed by atoms with van der Waals surface area (Å²) in [5, 5.41) is 21.7. The van der Waals surface area contributed by atoms with E-state index in [1.54, 1.807) is 24.3 Å². The van der Waals surface area contributed by atoms with Crippen molar-refractivity contribution >= 4 is 22.8 Å². The Morgan fingerprint density at radius 1 is 1.36 bits per heavy atom. The molecule has 1 fully saturated rings. The van der Waals surface area contributed by atoms with E-state index in [9.17, 15) is 19.5 Å². The average Bonchev–Trinajstić information content (AvgIpc) is 3.39. The van der Waals surface area contributed by atoms with Crippen LogP contribution in [0, 0.1) is 5.92 Å². The summed E-state index contributed by atoms with van der Waals surface area (Å²) in [6.45, 7) is 1.60.